The molecule has 3 heterocycles. The third-order valence-corrected chi connectivity index (χ3v) is 5.51. The molecule has 1 unspecified atom stereocenters. The summed E-state index contributed by atoms with van der Waals surface area (Å²) in [7, 11) is 0. The van der Waals surface area contributed by atoms with Gasteiger partial charge in [0.05, 0.1) is 5.69 Å². The number of rotatable bonds is 3. The fourth-order valence-electron chi connectivity index (χ4n) is 3.43. The third kappa shape index (κ3) is 3.83. The van der Waals surface area contributed by atoms with Crippen LogP contribution in [0.2, 0.25) is 0 Å². The highest BCUT2D eigenvalue weighted by Crippen LogP contribution is 2.31. The second kappa shape index (κ2) is 7.44. The van der Waals surface area contributed by atoms with Crippen LogP contribution in [0.25, 0.3) is 11.4 Å². The molecule has 1 saturated heterocycles. The van der Waals surface area contributed by atoms with Crippen molar-refractivity contribution in [2.24, 2.45) is 0 Å². The molecule has 1 amide bonds. The molecule has 3 aromatic rings. The Labute approximate surface area is 160 Å². The summed E-state index contributed by atoms with van der Waals surface area (Å²) in [5, 5.41) is 9.66. The molecule has 138 valence electrons. The standard InChI is InChI=1S/C20H18FN3O2S/c21-15-8-14(9-16(25)10-15)13-4-3-7-24(12-13)20(26)19-11-18(23-27-19)17-5-1-2-6-22-17/h1-2,5-6,8-11,13,25H,3-4,7,12H2. The Morgan fingerprint density at radius 3 is 2.89 bits per heavy atom. The van der Waals surface area contributed by atoms with Crippen molar-refractivity contribution < 1.29 is 14.3 Å². The van der Waals surface area contributed by atoms with Crippen molar-refractivity contribution in [1.82, 2.24) is 14.3 Å². The van der Waals surface area contributed by atoms with E-state index in [9.17, 15) is 14.3 Å². The summed E-state index contributed by atoms with van der Waals surface area (Å²) in [5.74, 6) is -0.612. The van der Waals surface area contributed by atoms with Gasteiger partial charge in [0.2, 0.25) is 0 Å². The van der Waals surface area contributed by atoms with Crippen LogP contribution in [-0.4, -0.2) is 38.4 Å². The van der Waals surface area contributed by atoms with E-state index in [4.69, 9.17) is 0 Å². The first-order valence-corrected chi connectivity index (χ1v) is 9.54. The summed E-state index contributed by atoms with van der Waals surface area (Å²) in [6.45, 7) is 1.16. The average molecular weight is 383 g/mol. The third-order valence-electron chi connectivity index (χ3n) is 4.73. The number of carbonyl (C=O) groups excluding carboxylic acids is 1. The number of nitrogens with zero attached hydrogens (tertiary/aromatic N) is 3. The molecule has 4 rings (SSSR count). The highest BCUT2D eigenvalue weighted by Gasteiger charge is 2.27. The number of likely N-dealkylation sites (tertiary alicyclic amines) is 1. The predicted molar refractivity (Wildman–Crippen MR) is 101 cm³/mol. The van der Waals surface area contributed by atoms with Crippen LogP contribution in [0, 0.1) is 5.82 Å². The number of piperidine rings is 1. The van der Waals surface area contributed by atoms with E-state index < -0.39 is 5.82 Å². The van der Waals surface area contributed by atoms with E-state index in [0.717, 1.165) is 30.2 Å². The maximum atomic E-state index is 13.6. The van der Waals surface area contributed by atoms with Crippen LogP contribution in [0.1, 0.15) is 34.0 Å². The van der Waals surface area contributed by atoms with E-state index >= 15 is 0 Å². The molecule has 1 fully saturated rings. The van der Waals surface area contributed by atoms with E-state index in [1.165, 1.54) is 17.6 Å². The van der Waals surface area contributed by atoms with Crippen molar-refractivity contribution >= 4 is 17.4 Å². The summed E-state index contributed by atoms with van der Waals surface area (Å²) in [6, 6.07) is 11.4. The fraction of sp³-hybridized carbons (Fsp3) is 0.250. The molecule has 1 aromatic carbocycles. The Balaban J connectivity index is 1.51. The highest BCUT2D eigenvalue weighted by atomic mass is 32.1. The first-order chi connectivity index (χ1) is 13.1. The number of pyridine rings is 1. The molecular weight excluding hydrogens is 365 g/mol. The normalized spacial score (nSPS) is 17.1. The number of benzene rings is 1. The zero-order chi connectivity index (χ0) is 18.8. The average Bonchev–Trinajstić information content (AvgIpc) is 3.18. The molecule has 0 bridgehead atoms. The number of hydrogen-bond acceptors (Lipinski definition) is 5. The van der Waals surface area contributed by atoms with Gasteiger partial charge in [-0.25, -0.2) is 4.39 Å². The molecule has 0 radical (unpaired) electrons. The van der Waals surface area contributed by atoms with Gasteiger partial charge in [-0.1, -0.05) is 6.07 Å². The van der Waals surface area contributed by atoms with Crippen molar-refractivity contribution in [3.8, 4) is 17.1 Å². The lowest BCUT2D eigenvalue weighted by molar-refractivity contribution is 0.0712. The molecule has 5 nitrogen and oxygen atoms in total. The van der Waals surface area contributed by atoms with E-state index in [0.29, 0.717) is 23.7 Å². The number of aromatic nitrogens is 2. The van der Waals surface area contributed by atoms with Crippen LogP contribution in [0.4, 0.5) is 4.39 Å². The monoisotopic (exact) mass is 383 g/mol. The molecule has 1 aliphatic rings. The minimum atomic E-state index is -0.462. The van der Waals surface area contributed by atoms with Crippen LogP contribution >= 0.6 is 11.5 Å². The molecule has 7 heteroatoms. The largest absolute Gasteiger partial charge is 0.508 e. The lowest BCUT2D eigenvalue weighted by Crippen LogP contribution is -2.38. The van der Waals surface area contributed by atoms with Crippen LogP contribution in [0.15, 0.2) is 48.7 Å². The smallest absolute Gasteiger partial charge is 0.265 e. The number of halogens is 1. The zero-order valence-electron chi connectivity index (χ0n) is 14.5. The van der Waals surface area contributed by atoms with Gasteiger partial charge in [0, 0.05) is 31.3 Å². The van der Waals surface area contributed by atoms with Gasteiger partial charge in [-0.15, -0.1) is 0 Å². The topological polar surface area (TPSA) is 66.3 Å². The zero-order valence-corrected chi connectivity index (χ0v) is 15.3. The Bertz CT molecular complexity index is 941. The Morgan fingerprint density at radius 2 is 2.11 bits per heavy atom. The summed E-state index contributed by atoms with van der Waals surface area (Å²) < 4.78 is 18.0. The van der Waals surface area contributed by atoms with Crippen LogP contribution in [0.5, 0.6) is 5.75 Å². The summed E-state index contributed by atoms with van der Waals surface area (Å²) in [6.07, 6.45) is 3.38. The number of phenols is 1. The van der Waals surface area contributed by atoms with Gasteiger partial charge in [0.25, 0.3) is 5.91 Å². The molecular formula is C20H18FN3O2S. The number of phenolic OH excluding ortho intramolecular Hbond substituents is 1. The van der Waals surface area contributed by atoms with E-state index in [1.807, 2.05) is 18.2 Å². The fourth-order valence-corrected chi connectivity index (χ4v) is 4.15. The van der Waals surface area contributed by atoms with Crippen molar-refractivity contribution in [3.05, 3.63) is 64.9 Å². The van der Waals surface area contributed by atoms with Crippen LogP contribution in [0.3, 0.4) is 0 Å². The molecule has 1 atom stereocenters. The maximum absolute atomic E-state index is 13.6. The second-order valence-corrected chi connectivity index (χ2v) is 7.43. The lowest BCUT2D eigenvalue weighted by atomic mass is 9.90. The first kappa shape index (κ1) is 17.6. The molecule has 0 aliphatic carbocycles. The summed E-state index contributed by atoms with van der Waals surface area (Å²) in [5.41, 5.74) is 2.15. The van der Waals surface area contributed by atoms with Crippen molar-refractivity contribution in [2.45, 2.75) is 18.8 Å². The van der Waals surface area contributed by atoms with Gasteiger partial charge in [-0.3, -0.25) is 9.78 Å². The van der Waals surface area contributed by atoms with Crippen LogP contribution < -0.4 is 0 Å². The molecule has 0 spiro atoms. The molecule has 0 saturated carbocycles. The number of amides is 1. The van der Waals surface area contributed by atoms with Gasteiger partial charge in [-0.2, -0.15) is 4.37 Å². The van der Waals surface area contributed by atoms with Crippen molar-refractivity contribution in [1.29, 1.82) is 0 Å². The van der Waals surface area contributed by atoms with Gasteiger partial charge in [0.15, 0.2) is 0 Å². The quantitative estimate of drug-likeness (QED) is 0.740. The molecule has 2 aromatic heterocycles. The highest BCUT2D eigenvalue weighted by molar-refractivity contribution is 7.08. The second-order valence-electron chi connectivity index (χ2n) is 6.62. The van der Waals surface area contributed by atoms with Gasteiger partial charge in [0.1, 0.15) is 22.1 Å². The van der Waals surface area contributed by atoms with Gasteiger partial charge in [-0.05, 0) is 60.3 Å². The molecule has 27 heavy (non-hydrogen) atoms. The summed E-state index contributed by atoms with van der Waals surface area (Å²) >= 11 is 1.17. The minimum absolute atomic E-state index is 0.00693. The molecule has 1 aliphatic heterocycles. The van der Waals surface area contributed by atoms with Gasteiger partial charge >= 0.3 is 0 Å². The van der Waals surface area contributed by atoms with Crippen LogP contribution in [-0.2, 0) is 0 Å². The van der Waals surface area contributed by atoms with E-state index in [1.54, 1.807) is 23.2 Å². The first-order valence-electron chi connectivity index (χ1n) is 8.77. The summed E-state index contributed by atoms with van der Waals surface area (Å²) in [4.78, 5) is 19.5. The van der Waals surface area contributed by atoms with E-state index in [2.05, 4.69) is 9.36 Å². The minimum Gasteiger partial charge on any atom is -0.508 e. The molecule has 1 N–H and O–H groups in total. The van der Waals surface area contributed by atoms with Crippen molar-refractivity contribution in [2.75, 3.05) is 13.1 Å². The lowest BCUT2D eigenvalue weighted by Gasteiger charge is -2.32. The predicted octanol–water partition coefficient (Wildman–Crippen LogP) is 4.07. The Kier molecular flexibility index (Phi) is 4.85. The van der Waals surface area contributed by atoms with E-state index in [-0.39, 0.29) is 17.6 Å². The Morgan fingerprint density at radius 1 is 1.22 bits per heavy atom. The van der Waals surface area contributed by atoms with Gasteiger partial charge < -0.3 is 10.0 Å². The Hall–Kier alpha value is -2.80. The number of hydrogen-bond donors (Lipinski definition) is 1. The SMILES string of the molecule is O=C(c1cc(-c2ccccn2)ns1)N1CCCC(c2cc(O)cc(F)c2)C1. The number of aromatic hydroxyl groups is 1. The van der Waals surface area contributed by atoms with Crippen molar-refractivity contribution in [3.63, 3.8) is 0 Å². The maximum Gasteiger partial charge on any atom is 0.265 e. The number of carbonyl (C=O) groups is 1.